The number of carbonyl (C=O) groups excluding carboxylic acids is 1. The molecule has 2 aliphatic rings. The highest BCUT2D eigenvalue weighted by Gasteiger charge is 2.36. The first kappa shape index (κ1) is 22.6. The van der Waals surface area contributed by atoms with Gasteiger partial charge in [0.1, 0.15) is 23.4 Å². The molecule has 31 heavy (non-hydrogen) atoms. The second-order valence-corrected chi connectivity index (χ2v) is 12.2. The minimum absolute atomic E-state index is 0.162. The van der Waals surface area contributed by atoms with Crippen LogP contribution in [0.1, 0.15) is 61.3 Å². The fraction of sp³-hybridized carbons (Fsp3) is 0.591. The second-order valence-electron chi connectivity index (χ2n) is 8.76. The molecule has 2 aromatic heterocycles. The number of hydrogen-bond donors (Lipinski definition) is 2. The van der Waals surface area contributed by atoms with Crippen LogP contribution in [0.5, 0.6) is 0 Å². The summed E-state index contributed by atoms with van der Waals surface area (Å²) in [5.74, 6) is 1.19. The number of amides is 1. The first-order chi connectivity index (χ1) is 14.9. The van der Waals surface area contributed by atoms with Crippen molar-refractivity contribution in [1.82, 2.24) is 20.2 Å². The molecule has 168 valence electrons. The van der Waals surface area contributed by atoms with Crippen LogP contribution in [0.25, 0.3) is 0 Å². The molecule has 1 fully saturated rings. The highest BCUT2D eigenvalue weighted by Crippen LogP contribution is 2.43. The van der Waals surface area contributed by atoms with Crippen LogP contribution in [-0.2, 0) is 4.79 Å². The van der Waals surface area contributed by atoms with E-state index in [1.807, 2.05) is 11.0 Å². The van der Waals surface area contributed by atoms with Crippen molar-refractivity contribution in [3.63, 3.8) is 0 Å². The maximum atomic E-state index is 13.5. The number of piperazine rings is 1. The van der Waals surface area contributed by atoms with E-state index >= 15 is 0 Å². The number of fused-ring (bicyclic) bond motifs is 1. The van der Waals surface area contributed by atoms with Crippen LogP contribution in [0.3, 0.4) is 0 Å². The molecular weight excluding hydrogens is 478 g/mol. The molecular formula is C22H31BrN5O2S+. The number of rotatable bonds is 6. The van der Waals surface area contributed by atoms with Gasteiger partial charge in [-0.15, -0.1) is 0 Å². The molecule has 2 aromatic rings. The monoisotopic (exact) mass is 508 g/mol. The molecule has 1 aliphatic carbocycles. The van der Waals surface area contributed by atoms with E-state index in [1.165, 1.54) is 0 Å². The second kappa shape index (κ2) is 9.52. The maximum absolute atomic E-state index is 13.5. The van der Waals surface area contributed by atoms with Crippen LogP contribution >= 0.6 is 23.7 Å². The lowest BCUT2D eigenvalue weighted by Crippen LogP contribution is -2.51. The van der Waals surface area contributed by atoms with Crippen molar-refractivity contribution in [1.29, 1.82) is 0 Å². The summed E-state index contributed by atoms with van der Waals surface area (Å²) in [7, 11) is -0.170. The van der Waals surface area contributed by atoms with Gasteiger partial charge in [0.25, 0.3) is 14.8 Å². The van der Waals surface area contributed by atoms with Crippen molar-refractivity contribution < 1.29 is 9.90 Å². The van der Waals surface area contributed by atoms with Crippen molar-refractivity contribution in [3.8, 4) is 0 Å². The fourth-order valence-corrected chi connectivity index (χ4v) is 6.99. The Kier molecular flexibility index (Phi) is 6.95. The van der Waals surface area contributed by atoms with Gasteiger partial charge in [-0.25, -0.2) is 9.97 Å². The summed E-state index contributed by atoms with van der Waals surface area (Å²) in [6.45, 7) is 9.79. The Bertz CT molecular complexity index is 928. The van der Waals surface area contributed by atoms with E-state index in [0.717, 1.165) is 35.0 Å². The standard InChI is InChI=1S/C22H31BrN5O2S/c1-14(2)24-12-16(18-5-4-10-31(18)23)22(30)28-8-6-27(7-9-28)21-19-15(3)11-17(29)20(19)25-13-26-21/h4-5,10,13-17,24,29H,6-9,11-12H2,1-3H3/q+1/t15-,16-,17-,31?/m1/s1. The zero-order valence-corrected chi connectivity index (χ0v) is 20.7. The van der Waals surface area contributed by atoms with Crippen molar-refractivity contribution >= 4 is 35.4 Å². The Morgan fingerprint density at radius 2 is 2.06 bits per heavy atom. The number of hydrogen-bond acceptors (Lipinski definition) is 6. The van der Waals surface area contributed by atoms with Crippen LogP contribution in [0.4, 0.5) is 5.82 Å². The van der Waals surface area contributed by atoms with Crippen molar-refractivity contribution in [2.24, 2.45) is 0 Å². The lowest BCUT2D eigenvalue weighted by Gasteiger charge is -2.37. The summed E-state index contributed by atoms with van der Waals surface area (Å²) in [5, 5.41) is 15.8. The topological polar surface area (TPSA) is 81.6 Å². The number of aliphatic hydroxyl groups excluding tert-OH is 1. The van der Waals surface area contributed by atoms with Crippen molar-refractivity contribution in [3.05, 3.63) is 40.0 Å². The molecule has 1 aliphatic heterocycles. The predicted octanol–water partition coefficient (Wildman–Crippen LogP) is 3.35. The van der Waals surface area contributed by atoms with Crippen molar-refractivity contribution in [2.45, 2.75) is 51.2 Å². The summed E-state index contributed by atoms with van der Waals surface area (Å²) in [4.78, 5) is 27.8. The Morgan fingerprint density at radius 1 is 1.32 bits per heavy atom. The third-order valence-electron chi connectivity index (χ3n) is 6.23. The first-order valence-electron chi connectivity index (χ1n) is 10.9. The maximum Gasteiger partial charge on any atom is 0.268 e. The van der Waals surface area contributed by atoms with Crippen LogP contribution < -0.4 is 10.2 Å². The Morgan fingerprint density at radius 3 is 2.71 bits per heavy atom. The molecule has 7 nitrogen and oxygen atoms in total. The van der Waals surface area contributed by atoms with E-state index in [9.17, 15) is 9.90 Å². The average molecular weight is 509 g/mol. The number of aliphatic hydroxyl groups is 1. The van der Waals surface area contributed by atoms with Gasteiger partial charge < -0.3 is 20.2 Å². The SMILES string of the molecule is CC(C)NC[C@@H](C(=O)N1CCN(c2ncnc3c2[C@H](C)C[C@H]3O)CC1)c1ccc[s+]1Br. The number of thiophene rings is 1. The fourth-order valence-electron chi connectivity index (χ4n) is 4.58. The lowest BCUT2D eigenvalue weighted by molar-refractivity contribution is -0.133. The molecule has 1 amide bonds. The minimum Gasteiger partial charge on any atom is -0.387 e. The molecule has 9 heteroatoms. The molecule has 0 saturated carbocycles. The van der Waals surface area contributed by atoms with Crippen LogP contribution in [0.15, 0.2) is 23.8 Å². The first-order valence-corrected chi connectivity index (χ1v) is 14.1. The van der Waals surface area contributed by atoms with Gasteiger partial charge in [0, 0.05) is 44.3 Å². The Hall–Kier alpha value is -1.55. The van der Waals surface area contributed by atoms with E-state index < -0.39 is 6.10 Å². The molecule has 2 N–H and O–H groups in total. The van der Waals surface area contributed by atoms with Gasteiger partial charge in [0.15, 0.2) is 4.88 Å². The molecule has 1 saturated heterocycles. The Balaban J connectivity index is 1.47. The molecule has 3 heterocycles. The zero-order valence-electron chi connectivity index (χ0n) is 18.3. The van der Waals surface area contributed by atoms with Gasteiger partial charge in [-0.1, -0.05) is 20.8 Å². The number of anilines is 1. The van der Waals surface area contributed by atoms with E-state index in [0.29, 0.717) is 32.1 Å². The normalized spacial score (nSPS) is 22.7. The minimum atomic E-state index is -0.504. The van der Waals surface area contributed by atoms with Gasteiger partial charge in [0.05, 0.1) is 20.7 Å². The van der Waals surface area contributed by atoms with Gasteiger partial charge in [-0.2, -0.15) is 0 Å². The molecule has 0 radical (unpaired) electrons. The molecule has 0 bridgehead atoms. The van der Waals surface area contributed by atoms with E-state index in [4.69, 9.17) is 0 Å². The molecule has 1 unspecified atom stereocenters. The summed E-state index contributed by atoms with van der Waals surface area (Å²) >= 11 is 3.72. The quantitative estimate of drug-likeness (QED) is 0.582. The molecule has 0 aromatic carbocycles. The van der Waals surface area contributed by atoms with E-state index in [1.54, 1.807) is 6.33 Å². The lowest BCUT2D eigenvalue weighted by atomic mass is 10.0. The number of carbonyl (C=O) groups is 1. The largest absolute Gasteiger partial charge is 0.387 e. The third kappa shape index (κ3) is 4.65. The summed E-state index contributed by atoms with van der Waals surface area (Å²) in [5.41, 5.74) is 1.83. The van der Waals surface area contributed by atoms with Gasteiger partial charge in [0.2, 0.25) is 5.91 Å². The number of halogens is 1. The van der Waals surface area contributed by atoms with Crippen LogP contribution in [0.2, 0.25) is 0 Å². The smallest absolute Gasteiger partial charge is 0.268 e. The third-order valence-corrected chi connectivity index (χ3v) is 9.26. The summed E-state index contributed by atoms with van der Waals surface area (Å²) in [6, 6.07) is 4.44. The molecule has 0 spiro atoms. The highest BCUT2D eigenvalue weighted by atomic mass is 79.9. The zero-order chi connectivity index (χ0) is 22.1. The summed E-state index contributed by atoms with van der Waals surface area (Å²) < 4.78 is 0. The van der Waals surface area contributed by atoms with Crippen LogP contribution in [0, 0.1) is 0 Å². The van der Waals surface area contributed by atoms with Gasteiger partial charge >= 0.3 is 0 Å². The highest BCUT2D eigenvalue weighted by molar-refractivity contribution is 9.34. The Labute approximate surface area is 194 Å². The number of nitrogens with one attached hydrogen (secondary N) is 1. The molecule has 4 rings (SSSR count). The van der Waals surface area contributed by atoms with E-state index in [-0.39, 0.29) is 26.6 Å². The number of nitrogens with zero attached hydrogens (tertiary/aromatic N) is 4. The predicted molar refractivity (Wildman–Crippen MR) is 128 cm³/mol. The molecule has 4 atom stereocenters. The van der Waals surface area contributed by atoms with Gasteiger partial charge in [-0.05, 0) is 24.5 Å². The summed E-state index contributed by atoms with van der Waals surface area (Å²) in [6.07, 6.45) is 1.74. The van der Waals surface area contributed by atoms with Gasteiger partial charge in [-0.3, -0.25) is 4.79 Å². The van der Waals surface area contributed by atoms with E-state index in [2.05, 4.69) is 67.2 Å². The van der Waals surface area contributed by atoms with Crippen LogP contribution in [-0.4, -0.2) is 64.6 Å². The average Bonchev–Trinajstić information content (AvgIpc) is 3.31. The van der Waals surface area contributed by atoms with Crippen molar-refractivity contribution in [2.75, 3.05) is 37.6 Å². The number of aromatic nitrogens is 2.